The Hall–Kier alpha value is -1.91. The van der Waals surface area contributed by atoms with E-state index in [-0.39, 0.29) is 12.5 Å². The number of allylic oxidation sites excluding steroid dienone is 10. The van der Waals surface area contributed by atoms with Gasteiger partial charge in [0.15, 0.2) is 0 Å². The molecule has 4 nitrogen and oxygen atoms in total. The van der Waals surface area contributed by atoms with Gasteiger partial charge in [-0.15, -0.1) is 0 Å². The zero-order chi connectivity index (χ0) is 56.2. The second-order valence-electron chi connectivity index (χ2n) is 24.3. The molecule has 0 aromatic carbocycles. The van der Waals surface area contributed by atoms with Crippen LogP contribution in [0, 0.1) is 0 Å². The number of rotatable bonds is 66. The summed E-state index contributed by atoms with van der Waals surface area (Å²) in [5, 5.41) is 23.5. The molecule has 1 amide bonds. The van der Waals surface area contributed by atoms with Gasteiger partial charge in [0.25, 0.3) is 0 Å². The molecule has 0 saturated heterocycles. The predicted octanol–water partition coefficient (Wildman–Crippen LogP) is 24.3. The van der Waals surface area contributed by atoms with Gasteiger partial charge in [-0.25, -0.2) is 0 Å². The minimum absolute atomic E-state index is 0.0230. The molecule has 2 unspecified atom stereocenters. The van der Waals surface area contributed by atoms with E-state index >= 15 is 0 Å². The minimum atomic E-state index is -0.660. The van der Waals surface area contributed by atoms with E-state index in [1.165, 1.54) is 302 Å². The number of hydrogen-bond donors (Lipinski definition) is 3. The van der Waals surface area contributed by atoms with Gasteiger partial charge in [-0.1, -0.05) is 383 Å². The van der Waals surface area contributed by atoms with Crippen LogP contribution < -0.4 is 5.32 Å². The number of aliphatic hydroxyl groups excluding tert-OH is 2. The smallest absolute Gasteiger partial charge is 0.220 e. The highest BCUT2D eigenvalue weighted by atomic mass is 16.3. The van der Waals surface area contributed by atoms with Crippen LogP contribution in [0.2, 0.25) is 0 Å². The topological polar surface area (TPSA) is 69.6 Å². The van der Waals surface area contributed by atoms with Crippen LogP contribution in [-0.2, 0) is 4.79 Å². The molecule has 458 valence electrons. The van der Waals surface area contributed by atoms with E-state index in [0.29, 0.717) is 12.8 Å². The van der Waals surface area contributed by atoms with Gasteiger partial charge in [-0.3, -0.25) is 4.79 Å². The molecule has 78 heavy (non-hydrogen) atoms. The summed E-state index contributed by atoms with van der Waals surface area (Å²) in [7, 11) is 0. The molecule has 0 aliphatic rings. The van der Waals surface area contributed by atoms with Crippen molar-refractivity contribution >= 4 is 5.91 Å². The molecule has 0 fully saturated rings. The number of carbonyl (C=O) groups is 1. The summed E-state index contributed by atoms with van der Waals surface area (Å²) >= 11 is 0. The average Bonchev–Trinajstić information content (AvgIpc) is 3.44. The van der Waals surface area contributed by atoms with Crippen molar-refractivity contribution in [2.45, 2.75) is 398 Å². The van der Waals surface area contributed by atoms with Crippen molar-refractivity contribution < 1.29 is 15.0 Å². The molecule has 0 heterocycles. The van der Waals surface area contributed by atoms with Crippen molar-refractivity contribution in [3.05, 3.63) is 60.8 Å². The first-order valence-electron chi connectivity index (χ1n) is 35.5. The fourth-order valence-electron chi connectivity index (χ4n) is 11.2. The molecule has 0 saturated carbocycles. The van der Waals surface area contributed by atoms with Gasteiger partial charge in [-0.2, -0.15) is 0 Å². The van der Waals surface area contributed by atoms with Gasteiger partial charge < -0.3 is 15.5 Å². The SMILES string of the molecule is CC/C=C\C/C=C\C/C=C\C/C=C\C/C=C\CCCCCCCCCCCCCCCCCCCCCCCCCCCC(=O)NC(CO)C(O)CCCCCCCCCCCCCCCCCCCCCCCCCCC. The van der Waals surface area contributed by atoms with E-state index in [0.717, 1.165) is 57.8 Å². The van der Waals surface area contributed by atoms with Crippen molar-refractivity contribution in [1.82, 2.24) is 5.32 Å². The Bertz CT molecular complexity index is 1280. The lowest BCUT2D eigenvalue weighted by molar-refractivity contribution is -0.123. The largest absolute Gasteiger partial charge is 0.394 e. The third-order valence-electron chi connectivity index (χ3n) is 16.5. The van der Waals surface area contributed by atoms with Gasteiger partial charge >= 0.3 is 0 Å². The third kappa shape index (κ3) is 64.9. The van der Waals surface area contributed by atoms with Gasteiger partial charge in [0.05, 0.1) is 18.8 Å². The molecule has 3 N–H and O–H groups in total. The van der Waals surface area contributed by atoms with Gasteiger partial charge in [0.2, 0.25) is 5.91 Å². The van der Waals surface area contributed by atoms with E-state index in [1.54, 1.807) is 0 Å². The molecule has 2 atom stereocenters. The molecule has 0 aromatic rings. The van der Waals surface area contributed by atoms with Crippen LogP contribution >= 0.6 is 0 Å². The molecular formula is C74H139NO3. The van der Waals surface area contributed by atoms with Crippen molar-refractivity contribution in [2.75, 3.05) is 6.61 Å². The summed E-state index contributed by atoms with van der Waals surface area (Å²) in [6.45, 7) is 4.29. The van der Waals surface area contributed by atoms with Crippen LogP contribution in [-0.4, -0.2) is 34.9 Å². The highest BCUT2D eigenvalue weighted by Crippen LogP contribution is 2.19. The number of nitrogens with one attached hydrogen (secondary N) is 1. The third-order valence-corrected chi connectivity index (χ3v) is 16.5. The average molecular weight is 1090 g/mol. The number of aliphatic hydroxyl groups is 2. The van der Waals surface area contributed by atoms with Crippen molar-refractivity contribution in [1.29, 1.82) is 0 Å². The summed E-state index contributed by atoms with van der Waals surface area (Å²) in [6, 6.07) is -0.537. The Labute approximate surface area is 489 Å². The van der Waals surface area contributed by atoms with E-state index in [4.69, 9.17) is 0 Å². The maximum atomic E-state index is 12.6. The van der Waals surface area contributed by atoms with Gasteiger partial charge in [-0.05, 0) is 57.8 Å². The first-order valence-corrected chi connectivity index (χ1v) is 35.5. The Balaban J connectivity index is 3.38. The molecule has 0 spiro atoms. The first-order chi connectivity index (χ1) is 38.7. The monoisotopic (exact) mass is 1090 g/mol. The van der Waals surface area contributed by atoms with E-state index in [1.807, 2.05) is 0 Å². The molecule has 0 aromatic heterocycles. The molecular weight excluding hydrogens is 951 g/mol. The highest BCUT2D eigenvalue weighted by molar-refractivity contribution is 5.76. The quantitative estimate of drug-likeness (QED) is 0.0420. The molecule has 0 aliphatic heterocycles. The van der Waals surface area contributed by atoms with E-state index in [2.05, 4.69) is 79.9 Å². The lowest BCUT2D eigenvalue weighted by atomic mass is 10.0. The minimum Gasteiger partial charge on any atom is -0.394 e. The maximum absolute atomic E-state index is 12.6. The highest BCUT2D eigenvalue weighted by Gasteiger charge is 2.20. The Kier molecular flexibility index (Phi) is 67.7. The number of hydrogen-bond acceptors (Lipinski definition) is 3. The molecule has 0 bridgehead atoms. The van der Waals surface area contributed by atoms with Crippen LogP contribution in [0.15, 0.2) is 60.8 Å². The zero-order valence-corrected chi connectivity index (χ0v) is 53.0. The second-order valence-corrected chi connectivity index (χ2v) is 24.3. The Morgan fingerprint density at radius 2 is 0.564 bits per heavy atom. The first kappa shape index (κ1) is 76.1. The van der Waals surface area contributed by atoms with Crippen LogP contribution in [0.1, 0.15) is 386 Å². The Morgan fingerprint density at radius 1 is 0.321 bits per heavy atom. The lowest BCUT2D eigenvalue weighted by Crippen LogP contribution is -2.45. The fraction of sp³-hybridized carbons (Fsp3) is 0.851. The molecule has 0 radical (unpaired) electrons. The molecule has 4 heteroatoms. The predicted molar refractivity (Wildman–Crippen MR) is 350 cm³/mol. The van der Waals surface area contributed by atoms with Crippen LogP contribution in [0.4, 0.5) is 0 Å². The van der Waals surface area contributed by atoms with Crippen LogP contribution in [0.25, 0.3) is 0 Å². The number of unbranched alkanes of at least 4 members (excludes halogenated alkanes) is 49. The van der Waals surface area contributed by atoms with Crippen molar-refractivity contribution in [2.24, 2.45) is 0 Å². The fourth-order valence-corrected chi connectivity index (χ4v) is 11.2. The normalized spacial score (nSPS) is 13.0. The van der Waals surface area contributed by atoms with Crippen molar-refractivity contribution in [3.63, 3.8) is 0 Å². The zero-order valence-electron chi connectivity index (χ0n) is 53.0. The number of amides is 1. The summed E-state index contributed by atoms with van der Waals surface area (Å²) in [4.78, 5) is 12.6. The maximum Gasteiger partial charge on any atom is 0.220 e. The van der Waals surface area contributed by atoms with Crippen LogP contribution in [0.3, 0.4) is 0 Å². The Morgan fingerprint density at radius 3 is 0.846 bits per heavy atom. The summed E-state index contributed by atoms with van der Waals surface area (Å²) < 4.78 is 0. The molecule has 0 aliphatic carbocycles. The van der Waals surface area contributed by atoms with Crippen molar-refractivity contribution in [3.8, 4) is 0 Å². The van der Waals surface area contributed by atoms with Gasteiger partial charge in [0.1, 0.15) is 0 Å². The van der Waals surface area contributed by atoms with E-state index < -0.39 is 12.1 Å². The summed E-state index contributed by atoms with van der Waals surface area (Å²) in [6.07, 6.45) is 98.6. The van der Waals surface area contributed by atoms with Gasteiger partial charge in [0, 0.05) is 6.42 Å². The summed E-state index contributed by atoms with van der Waals surface area (Å²) in [5.74, 6) is -0.0230. The van der Waals surface area contributed by atoms with E-state index in [9.17, 15) is 15.0 Å². The van der Waals surface area contributed by atoms with Crippen LogP contribution in [0.5, 0.6) is 0 Å². The second kappa shape index (κ2) is 69.4. The number of carbonyl (C=O) groups excluding carboxylic acids is 1. The lowest BCUT2D eigenvalue weighted by Gasteiger charge is -2.22. The standard InChI is InChI=1S/C74H139NO3/c1-3-5-7-9-11-13-15-17-19-21-23-25-27-29-30-31-32-33-34-35-36-37-38-39-40-41-42-43-44-46-48-50-52-54-56-58-60-62-64-66-68-70-74(78)75-72(71-76)73(77)69-67-65-63-61-59-57-55-53-51-49-47-45-28-26-24-22-20-18-16-14-12-10-8-6-4-2/h5,7,11,13,17,19,23,25,29-30,72-73,76-77H,3-4,6,8-10,12,14-16,18,20-22,24,26-28,31-71H2,1-2H3,(H,75,78)/b7-5-,13-11-,19-17-,25-23-,30-29-. The summed E-state index contributed by atoms with van der Waals surface area (Å²) in [5.41, 5.74) is 0. The molecule has 0 rings (SSSR count).